The average molecular weight is 396 g/mol. The fourth-order valence-electron chi connectivity index (χ4n) is 3.26. The van der Waals surface area contributed by atoms with Crippen LogP contribution in [0.2, 0.25) is 10.0 Å². The van der Waals surface area contributed by atoms with Crippen molar-refractivity contribution >= 4 is 29.3 Å². The van der Waals surface area contributed by atoms with Gasteiger partial charge >= 0.3 is 0 Å². The Labute approximate surface area is 164 Å². The van der Waals surface area contributed by atoms with Crippen LogP contribution >= 0.6 is 23.2 Å². The van der Waals surface area contributed by atoms with E-state index < -0.39 is 5.60 Å². The lowest BCUT2D eigenvalue weighted by Crippen LogP contribution is -2.40. The van der Waals surface area contributed by atoms with Crippen molar-refractivity contribution in [3.63, 3.8) is 0 Å². The van der Waals surface area contributed by atoms with E-state index >= 15 is 0 Å². The maximum absolute atomic E-state index is 13.2. The van der Waals surface area contributed by atoms with Crippen LogP contribution in [0.25, 0.3) is 6.08 Å². The summed E-state index contributed by atoms with van der Waals surface area (Å²) in [7, 11) is 3.91. The second kappa shape index (κ2) is 8.53. The first-order chi connectivity index (χ1) is 12.2. The first-order valence-electron chi connectivity index (χ1n) is 8.42. The molecule has 2 aromatic rings. The van der Waals surface area contributed by atoms with E-state index in [9.17, 15) is 9.50 Å². The van der Waals surface area contributed by atoms with E-state index in [1.54, 1.807) is 30.3 Å². The fraction of sp³-hybridized carbons (Fsp3) is 0.333. The van der Waals surface area contributed by atoms with Crippen molar-refractivity contribution in [1.29, 1.82) is 0 Å². The molecule has 2 rings (SSSR count). The number of nitrogens with zero attached hydrogens (tertiary/aromatic N) is 1. The van der Waals surface area contributed by atoms with E-state index in [4.69, 9.17) is 23.2 Å². The van der Waals surface area contributed by atoms with Gasteiger partial charge in [0.05, 0.1) is 10.0 Å². The number of hydrogen-bond donors (Lipinski definition) is 1. The first kappa shape index (κ1) is 20.9. The van der Waals surface area contributed by atoms with E-state index in [2.05, 4.69) is 0 Å². The molecule has 0 fully saturated rings. The van der Waals surface area contributed by atoms with E-state index in [0.717, 1.165) is 5.56 Å². The van der Waals surface area contributed by atoms with Gasteiger partial charge in [0, 0.05) is 18.0 Å². The molecule has 0 amide bonds. The van der Waals surface area contributed by atoms with Gasteiger partial charge in [-0.2, -0.15) is 0 Å². The molecule has 2 unspecified atom stereocenters. The summed E-state index contributed by atoms with van der Waals surface area (Å²) in [6.07, 6.45) is 1.85. The highest BCUT2D eigenvalue weighted by atomic mass is 35.5. The van der Waals surface area contributed by atoms with Crippen LogP contribution in [-0.4, -0.2) is 30.6 Å². The van der Waals surface area contributed by atoms with Gasteiger partial charge in [-0.1, -0.05) is 60.5 Å². The lowest BCUT2D eigenvalue weighted by molar-refractivity contribution is 0.0106. The molecule has 2 aromatic carbocycles. The highest BCUT2D eigenvalue weighted by Crippen LogP contribution is 2.43. The normalized spacial score (nSPS) is 15.8. The second-order valence-electron chi connectivity index (χ2n) is 6.91. The van der Waals surface area contributed by atoms with Crippen LogP contribution in [0, 0.1) is 11.7 Å². The van der Waals surface area contributed by atoms with Crippen molar-refractivity contribution in [1.82, 2.24) is 4.90 Å². The standard InChI is InChI=1S/C21H24Cl2FNO/c1-14(12-16-8-10-17(24)11-9-16)21(26,15(2)13-25(3)4)18-6-5-7-19(22)20(18)23/h5-12,15,26H,13H2,1-4H3/b14-12-. The van der Waals surface area contributed by atoms with Crippen LogP contribution in [0.5, 0.6) is 0 Å². The maximum Gasteiger partial charge on any atom is 0.123 e. The molecular weight excluding hydrogens is 372 g/mol. The third kappa shape index (κ3) is 4.47. The topological polar surface area (TPSA) is 23.5 Å². The number of rotatable bonds is 6. The molecule has 0 heterocycles. The van der Waals surface area contributed by atoms with Crippen LogP contribution in [0.3, 0.4) is 0 Å². The summed E-state index contributed by atoms with van der Waals surface area (Å²) in [6.45, 7) is 4.47. The smallest absolute Gasteiger partial charge is 0.123 e. The van der Waals surface area contributed by atoms with Gasteiger partial charge in [-0.3, -0.25) is 0 Å². The van der Waals surface area contributed by atoms with Crippen molar-refractivity contribution in [2.75, 3.05) is 20.6 Å². The average Bonchev–Trinajstić information content (AvgIpc) is 2.58. The highest BCUT2D eigenvalue weighted by molar-refractivity contribution is 6.42. The fourth-order valence-corrected chi connectivity index (χ4v) is 3.71. The van der Waals surface area contributed by atoms with Gasteiger partial charge in [0.1, 0.15) is 11.4 Å². The highest BCUT2D eigenvalue weighted by Gasteiger charge is 2.39. The minimum atomic E-state index is -1.32. The molecule has 0 saturated carbocycles. The Morgan fingerprint density at radius 2 is 1.81 bits per heavy atom. The molecule has 0 bridgehead atoms. The van der Waals surface area contributed by atoms with E-state index in [-0.39, 0.29) is 11.7 Å². The van der Waals surface area contributed by atoms with Gasteiger partial charge in [-0.25, -0.2) is 4.39 Å². The summed E-state index contributed by atoms with van der Waals surface area (Å²) in [5.74, 6) is -0.459. The zero-order valence-corrected chi connectivity index (χ0v) is 16.9. The molecule has 140 valence electrons. The van der Waals surface area contributed by atoms with Crippen LogP contribution in [-0.2, 0) is 5.60 Å². The third-order valence-corrected chi connectivity index (χ3v) is 5.39. The Kier molecular flexibility index (Phi) is 6.86. The Morgan fingerprint density at radius 3 is 2.38 bits per heavy atom. The first-order valence-corrected chi connectivity index (χ1v) is 9.17. The van der Waals surface area contributed by atoms with Crippen molar-refractivity contribution in [2.45, 2.75) is 19.4 Å². The van der Waals surface area contributed by atoms with Crippen molar-refractivity contribution in [3.8, 4) is 0 Å². The van der Waals surface area contributed by atoms with Crippen LogP contribution in [0.4, 0.5) is 4.39 Å². The molecule has 5 heteroatoms. The minimum absolute atomic E-state index is 0.162. The zero-order valence-electron chi connectivity index (χ0n) is 15.4. The summed E-state index contributed by atoms with van der Waals surface area (Å²) < 4.78 is 13.2. The van der Waals surface area contributed by atoms with Crippen molar-refractivity contribution < 1.29 is 9.50 Å². The molecule has 0 aliphatic carbocycles. The molecule has 0 aliphatic heterocycles. The lowest BCUT2D eigenvalue weighted by Gasteiger charge is -2.38. The molecule has 0 radical (unpaired) electrons. The molecule has 0 saturated heterocycles. The molecular formula is C21H24Cl2FNO. The van der Waals surface area contributed by atoms with Gasteiger partial charge in [0.2, 0.25) is 0 Å². The van der Waals surface area contributed by atoms with Crippen molar-refractivity contribution in [3.05, 3.63) is 75.0 Å². The molecule has 0 aliphatic rings. The SMILES string of the molecule is C/C(=C/c1ccc(F)cc1)C(O)(c1cccc(Cl)c1Cl)C(C)CN(C)C. The third-order valence-electron chi connectivity index (χ3n) is 4.57. The molecule has 2 atom stereocenters. The molecule has 2 nitrogen and oxygen atoms in total. The Bertz CT molecular complexity index is 789. The summed E-state index contributed by atoms with van der Waals surface area (Å²) in [5.41, 5.74) is 0.762. The van der Waals surface area contributed by atoms with Gasteiger partial charge in [-0.15, -0.1) is 0 Å². The number of hydrogen-bond acceptors (Lipinski definition) is 2. The van der Waals surface area contributed by atoms with E-state index in [1.165, 1.54) is 12.1 Å². The van der Waals surface area contributed by atoms with Gasteiger partial charge in [-0.05, 0) is 50.4 Å². The minimum Gasteiger partial charge on any atom is -0.380 e. The van der Waals surface area contributed by atoms with Crippen LogP contribution in [0.1, 0.15) is 25.0 Å². The molecule has 0 spiro atoms. The Balaban J connectivity index is 2.59. The Morgan fingerprint density at radius 1 is 1.19 bits per heavy atom. The van der Waals surface area contributed by atoms with Crippen LogP contribution < -0.4 is 0 Å². The largest absolute Gasteiger partial charge is 0.380 e. The summed E-state index contributed by atoms with van der Waals surface area (Å²) in [6, 6.07) is 11.4. The molecule has 26 heavy (non-hydrogen) atoms. The zero-order chi connectivity index (χ0) is 19.5. The van der Waals surface area contributed by atoms with Gasteiger partial charge in [0.25, 0.3) is 0 Å². The van der Waals surface area contributed by atoms with Crippen LogP contribution in [0.15, 0.2) is 48.0 Å². The van der Waals surface area contributed by atoms with Gasteiger partial charge < -0.3 is 10.0 Å². The van der Waals surface area contributed by atoms with E-state index in [0.29, 0.717) is 27.7 Å². The predicted molar refractivity (Wildman–Crippen MR) is 108 cm³/mol. The number of benzene rings is 2. The van der Waals surface area contributed by atoms with Crippen molar-refractivity contribution in [2.24, 2.45) is 5.92 Å². The summed E-state index contributed by atoms with van der Waals surface area (Å²) in [4.78, 5) is 2.01. The van der Waals surface area contributed by atoms with Gasteiger partial charge in [0.15, 0.2) is 0 Å². The van der Waals surface area contributed by atoms with E-state index in [1.807, 2.05) is 38.9 Å². The second-order valence-corrected chi connectivity index (χ2v) is 7.70. The molecule has 0 aromatic heterocycles. The quantitative estimate of drug-likeness (QED) is 0.685. The maximum atomic E-state index is 13.2. The summed E-state index contributed by atoms with van der Waals surface area (Å²) >= 11 is 12.6. The lowest BCUT2D eigenvalue weighted by atomic mass is 9.76. The predicted octanol–water partition coefficient (Wildman–Crippen LogP) is 5.62. The summed E-state index contributed by atoms with van der Waals surface area (Å²) in [5, 5.41) is 12.5. The Hall–Kier alpha value is -1.39. The number of aliphatic hydroxyl groups is 1. The number of halogens is 3. The molecule has 1 N–H and O–H groups in total. The monoisotopic (exact) mass is 395 g/mol.